The Balaban J connectivity index is 1.66. The first-order valence-electron chi connectivity index (χ1n) is 7.59. The minimum Gasteiger partial charge on any atom is -0.396 e. The number of likely N-dealkylation sites (tertiary alicyclic amines) is 1. The van der Waals surface area contributed by atoms with Gasteiger partial charge in [-0.3, -0.25) is 4.90 Å². The minimum absolute atomic E-state index is 0.308. The molecule has 2 aromatic rings. The summed E-state index contributed by atoms with van der Waals surface area (Å²) in [5.41, 5.74) is 3.62. The molecule has 0 aliphatic carbocycles. The van der Waals surface area contributed by atoms with Crippen molar-refractivity contribution in [2.24, 2.45) is 5.92 Å². The van der Waals surface area contributed by atoms with E-state index in [0.29, 0.717) is 12.5 Å². The van der Waals surface area contributed by atoms with Crippen LogP contribution in [0.25, 0.3) is 10.6 Å². The Morgan fingerprint density at radius 2 is 2.14 bits per heavy atom. The van der Waals surface area contributed by atoms with Crippen LogP contribution in [0.15, 0.2) is 29.6 Å². The maximum Gasteiger partial charge on any atom is 0.123 e. The van der Waals surface area contributed by atoms with Gasteiger partial charge in [0.1, 0.15) is 5.01 Å². The van der Waals surface area contributed by atoms with Crippen LogP contribution in [-0.2, 0) is 6.54 Å². The Bertz CT molecular complexity index is 579. The summed E-state index contributed by atoms with van der Waals surface area (Å²) in [6.07, 6.45) is 2.33. The van der Waals surface area contributed by atoms with E-state index in [1.807, 2.05) is 0 Å². The van der Waals surface area contributed by atoms with Gasteiger partial charge in [-0.1, -0.05) is 29.8 Å². The summed E-state index contributed by atoms with van der Waals surface area (Å²) in [6.45, 7) is 5.42. The molecule has 0 amide bonds. The maximum atomic E-state index is 9.31. The summed E-state index contributed by atoms with van der Waals surface area (Å²) < 4.78 is 0. The van der Waals surface area contributed by atoms with Gasteiger partial charge in [-0.05, 0) is 32.2 Å². The Kier molecular flexibility index (Phi) is 4.68. The quantitative estimate of drug-likeness (QED) is 0.941. The molecule has 1 fully saturated rings. The van der Waals surface area contributed by atoms with E-state index >= 15 is 0 Å². The van der Waals surface area contributed by atoms with Gasteiger partial charge >= 0.3 is 0 Å². The normalized spacial score (nSPS) is 19.8. The standard InChI is InChI=1S/C17H22N2OS/c1-13-4-6-15(7-5-13)17-18-16(12-21-17)10-19-8-2-3-14(9-19)11-20/h4-7,12,14,20H,2-3,8-11H2,1H3. The number of hydrogen-bond donors (Lipinski definition) is 1. The number of aliphatic hydroxyl groups is 1. The molecule has 3 rings (SSSR count). The number of aliphatic hydroxyl groups excluding tert-OH is 1. The summed E-state index contributed by atoms with van der Waals surface area (Å²) in [5, 5.41) is 12.6. The Labute approximate surface area is 130 Å². The van der Waals surface area contributed by atoms with Crippen LogP contribution in [0.1, 0.15) is 24.1 Å². The number of benzene rings is 1. The second-order valence-electron chi connectivity index (χ2n) is 5.94. The van der Waals surface area contributed by atoms with Crippen molar-refractivity contribution < 1.29 is 5.11 Å². The largest absolute Gasteiger partial charge is 0.396 e. The smallest absolute Gasteiger partial charge is 0.123 e. The molecule has 1 aliphatic heterocycles. The lowest BCUT2D eigenvalue weighted by molar-refractivity contribution is 0.115. The van der Waals surface area contributed by atoms with Crippen molar-refractivity contribution in [1.29, 1.82) is 0 Å². The molecule has 1 aromatic heterocycles. The molecule has 4 heteroatoms. The predicted octanol–water partition coefficient (Wildman–Crippen LogP) is 3.32. The van der Waals surface area contributed by atoms with Crippen molar-refractivity contribution >= 4 is 11.3 Å². The SMILES string of the molecule is Cc1ccc(-c2nc(CN3CCCC(CO)C3)cs2)cc1. The Morgan fingerprint density at radius 3 is 2.90 bits per heavy atom. The predicted molar refractivity (Wildman–Crippen MR) is 87.4 cm³/mol. The molecule has 1 unspecified atom stereocenters. The lowest BCUT2D eigenvalue weighted by Crippen LogP contribution is -2.36. The summed E-state index contributed by atoms with van der Waals surface area (Å²) in [7, 11) is 0. The van der Waals surface area contributed by atoms with Crippen LogP contribution in [0.3, 0.4) is 0 Å². The number of piperidine rings is 1. The molecule has 1 aromatic carbocycles. The van der Waals surface area contributed by atoms with Crippen molar-refractivity contribution in [3.63, 3.8) is 0 Å². The highest BCUT2D eigenvalue weighted by molar-refractivity contribution is 7.13. The van der Waals surface area contributed by atoms with Crippen molar-refractivity contribution in [3.8, 4) is 10.6 Å². The van der Waals surface area contributed by atoms with Crippen LogP contribution in [0.4, 0.5) is 0 Å². The van der Waals surface area contributed by atoms with E-state index in [1.165, 1.54) is 17.5 Å². The van der Waals surface area contributed by atoms with E-state index in [0.717, 1.165) is 36.8 Å². The average Bonchev–Trinajstić information content (AvgIpc) is 2.96. The molecule has 0 spiro atoms. The van der Waals surface area contributed by atoms with E-state index in [1.54, 1.807) is 11.3 Å². The second-order valence-corrected chi connectivity index (χ2v) is 6.79. The third-order valence-electron chi connectivity index (χ3n) is 4.10. The molecule has 1 atom stereocenters. The van der Waals surface area contributed by atoms with E-state index in [4.69, 9.17) is 4.98 Å². The van der Waals surface area contributed by atoms with Crippen molar-refractivity contribution in [3.05, 3.63) is 40.9 Å². The van der Waals surface area contributed by atoms with Gasteiger partial charge in [0, 0.05) is 30.6 Å². The molecule has 21 heavy (non-hydrogen) atoms. The van der Waals surface area contributed by atoms with Crippen molar-refractivity contribution in [1.82, 2.24) is 9.88 Å². The van der Waals surface area contributed by atoms with E-state index in [9.17, 15) is 5.11 Å². The van der Waals surface area contributed by atoms with Crippen LogP contribution in [0.5, 0.6) is 0 Å². The molecule has 3 nitrogen and oxygen atoms in total. The van der Waals surface area contributed by atoms with Crippen LogP contribution in [0.2, 0.25) is 0 Å². The molecular formula is C17H22N2OS. The number of aromatic nitrogens is 1. The Morgan fingerprint density at radius 1 is 1.33 bits per heavy atom. The Hall–Kier alpha value is -1.23. The van der Waals surface area contributed by atoms with Gasteiger partial charge in [-0.2, -0.15) is 0 Å². The van der Waals surface area contributed by atoms with E-state index in [-0.39, 0.29) is 0 Å². The fourth-order valence-electron chi connectivity index (χ4n) is 2.88. The molecule has 1 N–H and O–H groups in total. The van der Waals surface area contributed by atoms with Crippen LogP contribution in [0, 0.1) is 12.8 Å². The lowest BCUT2D eigenvalue weighted by atomic mass is 9.99. The fraction of sp³-hybridized carbons (Fsp3) is 0.471. The van der Waals surface area contributed by atoms with E-state index in [2.05, 4.69) is 41.5 Å². The topological polar surface area (TPSA) is 36.4 Å². The third-order valence-corrected chi connectivity index (χ3v) is 5.04. The summed E-state index contributed by atoms with van der Waals surface area (Å²) >= 11 is 1.72. The highest BCUT2D eigenvalue weighted by atomic mass is 32.1. The van der Waals surface area contributed by atoms with Crippen molar-refractivity contribution in [2.45, 2.75) is 26.3 Å². The van der Waals surface area contributed by atoms with Crippen LogP contribution >= 0.6 is 11.3 Å². The fourth-order valence-corrected chi connectivity index (χ4v) is 3.70. The first-order valence-corrected chi connectivity index (χ1v) is 8.47. The summed E-state index contributed by atoms with van der Waals surface area (Å²) in [4.78, 5) is 7.18. The highest BCUT2D eigenvalue weighted by Gasteiger charge is 2.20. The van der Waals surface area contributed by atoms with Gasteiger partial charge in [-0.25, -0.2) is 4.98 Å². The molecule has 1 saturated heterocycles. The maximum absolute atomic E-state index is 9.31. The zero-order chi connectivity index (χ0) is 14.7. The molecule has 2 heterocycles. The van der Waals surface area contributed by atoms with Gasteiger partial charge in [0.2, 0.25) is 0 Å². The number of hydrogen-bond acceptors (Lipinski definition) is 4. The minimum atomic E-state index is 0.308. The van der Waals surface area contributed by atoms with Gasteiger partial charge < -0.3 is 5.11 Å². The van der Waals surface area contributed by atoms with Crippen LogP contribution in [-0.4, -0.2) is 34.7 Å². The number of rotatable bonds is 4. The molecule has 0 saturated carbocycles. The zero-order valence-corrected chi connectivity index (χ0v) is 13.3. The summed E-state index contributed by atoms with van der Waals surface area (Å²) in [6, 6.07) is 8.54. The lowest BCUT2D eigenvalue weighted by Gasteiger charge is -2.31. The molecule has 1 aliphatic rings. The molecule has 0 radical (unpaired) electrons. The molecule has 0 bridgehead atoms. The number of nitrogens with zero attached hydrogens (tertiary/aromatic N) is 2. The first-order chi connectivity index (χ1) is 10.2. The second kappa shape index (κ2) is 6.69. The van der Waals surface area contributed by atoms with Gasteiger partial charge in [0.05, 0.1) is 5.69 Å². The first kappa shape index (κ1) is 14.7. The zero-order valence-electron chi connectivity index (χ0n) is 12.5. The van der Waals surface area contributed by atoms with Gasteiger partial charge in [-0.15, -0.1) is 11.3 Å². The van der Waals surface area contributed by atoms with Gasteiger partial charge in [0.25, 0.3) is 0 Å². The van der Waals surface area contributed by atoms with Crippen molar-refractivity contribution in [2.75, 3.05) is 19.7 Å². The van der Waals surface area contributed by atoms with Gasteiger partial charge in [0.15, 0.2) is 0 Å². The highest BCUT2D eigenvalue weighted by Crippen LogP contribution is 2.25. The average molecular weight is 302 g/mol. The van der Waals surface area contributed by atoms with E-state index < -0.39 is 0 Å². The number of aryl methyl sites for hydroxylation is 1. The third kappa shape index (κ3) is 3.70. The monoisotopic (exact) mass is 302 g/mol. The van der Waals surface area contributed by atoms with Crippen LogP contribution < -0.4 is 0 Å². The molecule has 112 valence electrons. The molecular weight excluding hydrogens is 280 g/mol. The number of thiazole rings is 1. The summed E-state index contributed by atoms with van der Waals surface area (Å²) in [5.74, 6) is 0.439.